The maximum Gasteiger partial charge on any atom is 0.271 e. The van der Waals surface area contributed by atoms with Crippen molar-refractivity contribution in [2.24, 2.45) is 0 Å². The molecule has 0 atom stereocenters. The lowest BCUT2D eigenvalue weighted by atomic mass is 10.1. The normalized spacial score (nSPS) is 10.7. The van der Waals surface area contributed by atoms with Crippen LogP contribution in [0.1, 0.15) is 20.8 Å². The molecule has 34 heavy (non-hydrogen) atoms. The summed E-state index contributed by atoms with van der Waals surface area (Å²) in [6.07, 6.45) is 1.52. The molecule has 10 heteroatoms. The van der Waals surface area contributed by atoms with Crippen LogP contribution >= 0.6 is 11.6 Å². The van der Waals surface area contributed by atoms with Gasteiger partial charge in [-0.1, -0.05) is 35.9 Å². The lowest BCUT2D eigenvalue weighted by Crippen LogP contribution is -2.26. The molecule has 4 rings (SSSR count). The molecule has 2 aromatic heterocycles. The van der Waals surface area contributed by atoms with Crippen LogP contribution in [0.15, 0.2) is 72.9 Å². The number of hydrogen-bond acceptors (Lipinski definition) is 5. The maximum absolute atomic E-state index is 14.6. The first-order valence-corrected chi connectivity index (χ1v) is 10.6. The minimum atomic E-state index is -0.624. The molecule has 2 aromatic carbocycles. The molecule has 8 nitrogen and oxygen atoms in total. The molecule has 0 aliphatic heterocycles. The molecular weight excluding hydrogens is 461 g/mol. The second-order valence-electron chi connectivity index (χ2n) is 7.12. The van der Waals surface area contributed by atoms with Gasteiger partial charge < -0.3 is 15.7 Å². The van der Waals surface area contributed by atoms with Crippen LogP contribution < -0.4 is 10.6 Å². The van der Waals surface area contributed by atoms with Crippen molar-refractivity contribution < 1.29 is 19.1 Å². The van der Waals surface area contributed by atoms with Crippen LogP contribution in [0.25, 0.3) is 16.9 Å². The van der Waals surface area contributed by atoms with Gasteiger partial charge in [0.2, 0.25) is 0 Å². The zero-order chi connectivity index (χ0) is 24.1. The van der Waals surface area contributed by atoms with E-state index in [-0.39, 0.29) is 40.8 Å². The van der Waals surface area contributed by atoms with E-state index in [0.717, 1.165) is 6.07 Å². The zero-order valence-corrected chi connectivity index (χ0v) is 18.5. The van der Waals surface area contributed by atoms with Gasteiger partial charge in [0.15, 0.2) is 5.69 Å². The summed E-state index contributed by atoms with van der Waals surface area (Å²) in [5, 5.41) is 18.4. The number of nitrogens with zero attached hydrogens (tertiary/aromatic N) is 3. The van der Waals surface area contributed by atoms with Gasteiger partial charge in [0, 0.05) is 24.4 Å². The molecule has 2 amide bonds. The van der Waals surface area contributed by atoms with Gasteiger partial charge in [0.05, 0.1) is 28.6 Å². The van der Waals surface area contributed by atoms with Gasteiger partial charge in [-0.25, -0.2) is 9.07 Å². The largest absolute Gasteiger partial charge is 0.395 e. The van der Waals surface area contributed by atoms with Gasteiger partial charge in [-0.2, -0.15) is 5.10 Å². The number of aromatic nitrogens is 3. The quantitative estimate of drug-likeness (QED) is 0.374. The average molecular weight is 480 g/mol. The van der Waals surface area contributed by atoms with E-state index >= 15 is 0 Å². The number of para-hydroxylation sites is 1. The number of nitrogens with one attached hydrogen (secondary N) is 2. The van der Waals surface area contributed by atoms with Crippen LogP contribution in [-0.4, -0.2) is 44.8 Å². The summed E-state index contributed by atoms with van der Waals surface area (Å²) in [5.74, 6) is -1.55. The minimum absolute atomic E-state index is 0.0239. The number of hydrogen-bond donors (Lipinski definition) is 3. The fraction of sp³-hybridized carbons (Fsp3) is 0.0833. The molecule has 0 bridgehead atoms. The second-order valence-corrected chi connectivity index (χ2v) is 7.53. The molecule has 3 N–H and O–H groups in total. The van der Waals surface area contributed by atoms with Gasteiger partial charge in [-0.05, 0) is 36.4 Å². The third kappa shape index (κ3) is 4.95. The molecule has 0 aliphatic carbocycles. The van der Waals surface area contributed by atoms with Gasteiger partial charge in [-0.15, -0.1) is 0 Å². The van der Waals surface area contributed by atoms with Crippen LogP contribution in [0.5, 0.6) is 0 Å². The summed E-state index contributed by atoms with van der Waals surface area (Å²) in [7, 11) is 0. The van der Waals surface area contributed by atoms with Crippen molar-refractivity contribution in [3.05, 3.63) is 95.0 Å². The number of aliphatic hydroxyl groups excluding tert-OH is 1. The van der Waals surface area contributed by atoms with Crippen molar-refractivity contribution in [1.82, 2.24) is 20.1 Å². The molecule has 2 heterocycles. The van der Waals surface area contributed by atoms with Crippen LogP contribution in [0.2, 0.25) is 5.02 Å². The summed E-state index contributed by atoms with van der Waals surface area (Å²) in [5.41, 5.74) is 1.12. The first kappa shape index (κ1) is 23.1. The Labute approximate surface area is 199 Å². The Balaban J connectivity index is 1.70. The second kappa shape index (κ2) is 10.2. The number of carbonyl (C=O) groups excluding carboxylic acids is 2. The third-order valence-corrected chi connectivity index (χ3v) is 5.14. The smallest absolute Gasteiger partial charge is 0.271 e. The highest BCUT2D eigenvalue weighted by molar-refractivity contribution is 6.34. The van der Waals surface area contributed by atoms with E-state index in [2.05, 4.69) is 20.7 Å². The standard InChI is InChI=1S/C24H19ClFN5O3/c25-18-13-19(26)17(20-8-4-5-9-27-20)12-16(18)23(33)29-22-14-21(24(34)28-10-11-32)30-31(22)15-6-2-1-3-7-15/h1-9,12-14,32H,10-11H2,(H,28,34)(H,29,33). The summed E-state index contributed by atoms with van der Waals surface area (Å²) in [4.78, 5) is 29.7. The first-order chi connectivity index (χ1) is 16.5. The van der Waals surface area contributed by atoms with E-state index < -0.39 is 17.6 Å². The third-order valence-electron chi connectivity index (χ3n) is 4.82. The fourth-order valence-electron chi connectivity index (χ4n) is 3.23. The van der Waals surface area contributed by atoms with E-state index in [4.69, 9.17) is 16.7 Å². The Morgan fingerprint density at radius 2 is 1.79 bits per heavy atom. The Kier molecular flexibility index (Phi) is 6.95. The van der Waals surface area contributed by atoms with Gasteiger partial charge in [-0.3, -0.25) is 14.6 Å². The summed E-state index contributed by atoms with van der Waals surface area (Å²) in [6, 6.07) is 17.7. The first-order valence-electron chi connectivity index (χ1n) is 10.2. The Bertz CT molecular complexity index is 1330. The summed E-state index contributed by atoms with van der Waals surface area (Å²) < 4.78 is 15.9. The monoisotopic (exact) mass is 479 g/mol. The molecule has 4 aromatic rings. The molecular formula is C24H19ClFN5O3. The molecule has 0 saturated heterocycles. The van der Waals surface area contributed by atoms with Crippen molar-refractivity contribution in [1.29, 1.82) is 0 Å². The SMILES string of the molecule is O=C(NCCO)c1cc(NC(=O)c2cc(-c3ccccn3)c(F)cc2Cl)n(-c2ccccc2)n1. The van der Waals surface area contributed by atoms with E-state index in [1.54, 1.807) is 42.5 Å². The van der Waals surface area contributed by atoms with Crippen molar-refractivity contribution in [2.75, 3.05) is 18.5 Å². The molecule has 0 unspecified atom stereocenters. The molecule has 172 valence electrons. The topological polar surface area (TPSA) is 109 Å². The van der Waals surface area contributed by atoms with Crippen LogP contribution in [0, 0.1) is 5.82 Å². The predicted molar refractivity (Wildman–Crippen MR) is 126 cm³/mol. The highest BCUT2D eigenvalue weighted by Gasteiger charge is 2.21. The number of aliphatic hydroxyl groups is 1. The summed E-state index contributed by atoms with van der Waals surface area (Å²) in [6.45, 7) is -0.170. The van der Waals surface area contributed by atoms with E-state index in [9.17, 15) is 14.0 Å². The zero-order valence-electron chi connectivity index (χ0n) is 17.7. The number of anilines is 1. The van der Waals surface area contributed by atoms with Crippen LogP contribution in [-0.2, 0) is 0 Å². The molecule has 0 radical (unpaired) electrons. The molecule has 0 saturated carbocycles. The number of carbonyl (C=O) groups is 2. The van der Waals surface area contributed by atoms with E-state index in [1.165, 1.54) is 23.0 Å². The lowest BCUT2D eigenvalue weighted by molar-refractivity contribution is 0.0938. The average Bonchev–Trinajstić information content (AvgIpc) is 3.27. The van der Waals surface area contributed by atoms with Crippen molar-refractivity contribution in [3.63, 3.8) is 0 Å². The fourth-order valence-corrected chi connectivity index (χ4v) is 3.47. The van der Waals surface area contributed by atoms with Crippen LogP contribution in [0.3, 0.4) is 0 Å². The minimum Gasteiger partial charge on any atom is -0.395 e. The number of benzene rings is 2. The highest BCUT2D eigenvalue weighted by Crippen LogP contribution is 2.28. The molecule has 0 aliphatic rings. The lowest BCUT2D eigenvalue weighted by Gasteiger charge is -2.11. The number of halogens is 2. The number of rotatable bonds is 7. The van der Waals surface area contributed by atoms with Gasteiger partial charge >= 0.3 is 0 Å². The number of pyridine rings is 1. The predicted octanol–water partition coefficient (Wildman–Crippen LogP) is 3.70. The Morgan fingerprint density at radius 3 is 2.50 bits per heavy atom. The van der Waals surface area contributed by atoms with Crippen molar-refractivity contribution in [3.8, 4) is 16.9 Å². The Hall–Kier alpha value is -4.08. The number of amides is 2. The van der Waals surface area contributed by atoms with Crippen LogP contribution in [0.4, 0.5) is 10.2 Å². The molecule has 0 fully saturated rings. The van der Waals surface area contributed by atoms with Crippen molar-refractivity contribution in [2.45, 2.75) is 0 Å². The highest BCUT2D eigenvalue weighted by atomic mass is 35.5. The Morgan fingerprint density at radius 1 is 1.03 bits per heavy atom. The van der Waals surface area contributed by atoms with Gasteiger partial charge in [0.1, 0.15) is 11.6 Å². The van der Waals surface area contributed by atoms with E-state index in [0.29, 0.717) is 11.4 Å². The van der Waals surface area contributed by atoms with Gasteiger partial charge in [0.25, 0.3) is 11.8 Å². The van der Waals surface area contributed by atoms with E-state index in [1.807, 2.05) is 6.07 Å². The maximum atomic E-state index is 14.6. The summed E-state index contributed by atoms with van der Waals surface area (Å²) >= 11 is 6.19. The van der Waals surface area contributed by atoms with Crippen molar-refractivity contribution >= 4 is 29.2 Å². The molecule has 0 spiro atoms.